The summed E-state index contributed by atoms with van der Waals surface area (Å²) < 4.78 is 12.2. The highest BCUT2D eigenvalue weighted by Gasteiger charge is 2.22. The summed E-state index contributed by atoms with van der Waals surface area (Å²) in [4.78, 5) is 13.1. The van der Waals surface area contributed by atoms with Gasteiger partial charge in [0.25, 0.3) is 5.91 Å². The molecule has 0 aliphatic rings. The Hall–Kier alpha value is -3.32. The number of halogens is 3. The first-order valence-electron chi connectivity index (χ1n) is 11.3. The molecule has 5 nitrogen and oxygen atoms in total. The maximum absolute atomic E-state index is 13.1. The van der Waals surface area contributed by atoms with Crippen molar-refractivity contribution >= 4 is 51.3 Å². The second kappa shape index (κ2) is 12.8. The summed E-state index contributed by atoms with van der Waals surface area (Å²) in [6, 6.07) is 28.0. The minimum atomic E-state index is -0.490. The van der Waals surface area contributed by atoms with Crippen molar-refractivity contribution in [2.24, 2.45) is 5.10 Å². The molecule has 1 amide bonds. The van der Waals surface area contributed by atoms with Crippen LogP contribution in [0.25, 0.3) is 0 Å². The third-order valence-corrected chi connectivity index (χ3v) is 6.73. The first kappa shape index (κ1) is 26.7. The third kappa shape index (κ3) is 6.92. The molecule has 37 heavy (non-hydrogen) atoms. The predicted molar refractivity (Wildman–Crippen MR) is 152 cm³/mol. The van der Waals surface area contributed by atoms with Crippen molar-refractivity contribution in [3.63, 3.8) is 0 Å². The molecule has 0 radical (unpaired) electrons. The number of hydrogen-bond acceptors (Lipinski definition) is 4. The number of rotatable bonds is 9. The Labute approximate surface area is 234 Å². The Morgan fingerprint density at radius 1 is 0.973 bits per heavy atom. The van der Waals surface area contributed by atoms with Crippen LogP contribution in [0.3, 0.4) is 0 Å². The molecular formula is C29H23BrCl2N2O3. The van der Waals surface area contributed by atoms with E-state index in [1.807, 2.05) is 72.8 Å². The Morgan fingerprint density at radius 2 is 1.62 bits per heavy atom. The van der Waals surface area contributed by atoms with E-state index < -0.39 is 5.92 Å². The van der Waals surface area contributed by atoms with E-state index in [2.05, 4.69) is 26.5 Å². The molecule has 188 valence electrons. The molecule has 0 unspecified atom stereocenters. The van der Waals surface area contributed by atoms with E-state index >= 15 is 0 Å². The minimum Gasteiger partial charge on any atom is -0.493 e. The molecule has 1 N–H and O–H groups in total. The maximum Gasteiger partial charge on any atom is 0.252 e. The molecule has 0 saturated heterocycles. The largest absolute Gasteiger partial charge is 0.493 e. The van der Waals surface area contributed by atoms with Crippen molar-refractivity contribution in [1.82, 2.24) is 5.43 Å². The normalized spacial score (nSPS) is 11.1. The van der Waals surface area contributed by atoms with E-state index in [9.17, 15) is 4.79 Å². The van der Waals surface area contributed by atoms with Gasteiger partial charge in [-0.05, 0) is 56.9 Å². The van der Waals surface area contributed by atoms with E-state index in [4.69, 9.17) is 32.7 Å². The number of carbonyl (C=O) groups is 1. The number of ether oxygens (including phenoxy) is 2. The molecule has 0 saturated carbocycles. The Bertz CT molecular complexity index is 1360. The van der Waals surface area contributed by atoms with E-state index in [0.717, 1.165) is 16.7 Å². The second-order valence-corrected chi connectivity index (χ2v) is 9.75. The molecule has 0 bridgehead atoms. The van der Waals surface area contributed by atoms with Crippen LogP contribution in [0.4, 0.5) is 0 Å². The topological polar surface area (TPSA) is 59.9 Å². The Morgan fingerprint density at radius 3 is 2.22 bits per heavy atom. The monoisotopic (exact) mass is 596 g/mol. The minimum absolute atomic E-state index is 0.231. The van der Waals surface area contributed by atoms with Crippen molar-refractivity contribution < 1.29 is 14.3 Å². The Kier molecular flexibility index (Phi) is 9.23. The Balaban J connectivity index is 1.49. The summed E-state index contributed by atoms with van der Waals surface area (Å²) in [5, 5.41) is 5.28. The van der Waals surface area contributed by atoms with Crippen LogP contribution >= 0.6 is 39.1 Å². The summed E-state index contributed by atoms with van der Waals surface area (Å²) in [5.74, 6) is 0.289. The van der Waals surface area contributed by atoms with Crippen LogP contribution in [0.15, 0.2) is 101 Å². The lowest BCUT2D eigenvalue weighted by Crippen LogP contribution is -2.26. The van der Waals surface area contributed by atoms with Crippen LogP contribution in [0.2, 0.25) is 10.0 Å². The highest BCUT2D eigenvalue weighted by Crippen LogP contribution is 2.37. The first-order valence-corrected chi connectivity index (χ1v) is 12.9. The standard InChI is InChI=1S/C29H23BrCl2N2O3/c1-36-26-15-19(14-24(30)28(26)37-18-22-12-13-23(31)16-25(22)32)17-33-34-29(35)27(20-8-4-2-5-9-20)21-10-6-3-7-11-21/h2-17,27H,18H2,1H3,(H,34,35)/b33-17+. The van der Waals surface area contributed by atoms with Crippen LogP contribution < -0.4 is 14.9 Å². The van der Waals surface area contributed by atoms with Gasteiger partial charge in [-0.2, -0.15) is 5.10 Å². The summed E-state index contributed by atoms with van der Waals surface area (Å²) in [7, 11) is 1.55. The first-order chi connectivity index (χ1) is 18.0. The zero-order chi connectivity index (χ0) is 26.2. The highest BCUT2D eigenvalue weighted by molar-refractivity contribution is 9.10. The van der Waals surface area contributed by atoms with Crippen LogP contribution in [-0.2, 0) is 11.4 Å². The molecular weight excluding hydrogens is 575 g/mol. The molecule has 4 aromatic rings. The van der Waals surface area contributed by atoms with Gasteiger partial charge in [0.15, 0.2) is 11.5 Å². The van der Waals surface area contributed by atoms with Gasteiger partial charge in [0.1, 0.15) is 6.61 Å². The number of methoxy groups -OCH3 is 1. The fourth-order valence-corrected chi connectivity index (χ4v) is 4.80. The van der Waals surface area contributed by atoms with Crippen LogP contribution in [0.5, 0.6) is 11.5 Å². The van der Waals surface area contributed by atoms with Gasteiger partial charge in [-0.1, -0.05) is 89.9 Å². The molecule has 0 aromatic heterocycles. The molecule has 0 fully saturated rings. The van der Waals surface area contributed by atoms with Gasteiger partial charge in [-0.15, -0.1) is 0 Å². The van der Waals surface area contributed by atoms with Crippen LogP contribution in [0, 0.1) is 0 Å². The van der Waals surface area contributed by atoms with Crippen molar-refractivity contribution in [2.45, 2.75) is 12.5 Å². The molecule has 8 heteroatoms. The quantitative estimate of drug-likeness (QED) is 0.159. The average Bonchev–Trinajstić information content (AvgIpc) is 2.90. The lowest BCUT2D eigenvalue weighted by atomic mass is 9.91. The van der Waals surface area contributed by atoms with Gasteiger partial charge in [0.05, 0.1) is 23.7 Å². The van der Waals surface area contributed by atoms with Gasteiger partial charge in [0, 0.05) is 15.6 Å². The van der Waals surface area contributed by atoms with Crippen LogP contribution in [0.1, 0.15) is 28.2 Å². The van der Waals surface area contributed by atoms with Crippen molar-refractivity contribution in [3.05, 3.63) is 128 Å². The smallest absolute Gasteiger partial charge is 0.252 e. The van der Waals surface area contributed by atoms with Crippen molar-refractivity contribution in [3.8, 4) is 11.5 Å². The number of nitrogens with one attached hydrogen (secondary N) is 1. The summed E-state index contributed by atoms with van der Waals surface area (Å²) in [5.41, 5.74) is 5.94. The fourth-order valence-electron chi connectivity index (χ4n) is 3.76. The number of nitrogens with zero attached hydrogens (tertiary/aromatic N) is 1. The molecule has 4 rings (SSSR count). The van der Waals surface area contributed by atoms with Crippen molar-refractivity contribution in [1.29, 1.82) is 0 Å². The molecule has 0 spiro atoms. The summed E-state index contributed by atoms with van der Waals surface area (Å²) >= 11 is 15.8. The van der Waals surface area contributed by atoms with Gasteiger partial charge >= 0.3 is 0 Å². The number of hydrazone groups is 1. The summed E-state index contributed by atoms with van der Waals surface area (Å²) in [6.07, 6.45) is 1.55. The van der Waals surface area contributed by atoms with Gasteiger partial charge < -0.3 is 9.47 Å². The molecule has 0 aliphatic heterocycles. The maximum atomic E-state index is 13.1. The van der Waals surface area contributed by atoms with Gasteiger partial charge in [-0.25, -0.2) is 5.43 Å². The fraction of sp³-hybridized carbons (Fsp3) is 0.103. The predicted octanol–water partition coefficient (Wildman–Crippen LogP) is 7.63. The van der Waals surface area contributed by atoms with E-state index in [1.54, 1.807) is 31.5 Å². The molecule has 0 aliphatic carbocycles. The number of amides is 1. The number of benzene rings is 4. The lowest BCUT2D eigenvalue weighted by Gasteiger charge is -2.16. The highest BCUT2D eigenvalue weighted by atomic mass is 79.9. The van der Waals surface area contributed by atoms with Crippen LogP contribution in [-0.4, -0.2) is 19.2 Å². The molecule has 0 atom stereocenters. The van der Waals surface area contributed by atoms with E-state index in [0.29, 0.717) is 31.6 Å². The summed E-state index contributed by atoms with van der Waals surface area (Å²) in [6.45, 7) is 0.231. The zero-order valence-electron chi connectivity index (χ0n) is 19.8. The lowest BCUT2D eigenvalue weighted by molar-refractivity contribution is -0.121. The van der Waals surface area contributed by atoms with Gasteiger partial charge in [0.2, 0.25) is 0 Å². The molecule has 4 aromatic carbocycles. The second-order valence-electron chi connectivity index (χ2n) is 8.05. The van der Waals surface area contributed by atoms with Crippen molar-refractivity contribution in [2.75, 3.05) is 7.11 Å². The number of carbonyl (C=O) groups excluding carboxylic acids is 1. The van der Waals surface area contributed by atoms with E-state index in [-0.39, 0.29) is 12.5 Å². The van der Waals surface area contributed by atoms with Gasteiger partial charge in [-0.3, -0.25) is 4.79 Å². The SMILES string of the molecule is COc1cc(/C=N/NC(=O)C(c2ccccc2)c2ccccc2)cc(Br)c1OCc1ccc(Cl)cc1Cl. The molecule has 0 heterocycles. The zero-order valence-corrected chi connectivity index (χ0v) is 22.9. The average molecular weight is 598 g/mol. The third-order valence-electron chi connectivity index (χ3n) is 5.56. The van der Waals surface area contributed by atoms with E-state index in [1.165, 1.54) is 0 Å². The number of hydrogen-bond donors (Lipinski definition) is 1.